The third-order valence-electron chi connectivity index (χ3n) is 5.60. The number of thiazole rings is 1. The number of hydrogen-bond acceptors (Lipinski definition) is 5. The van der Waals surface area contributed by atoms with Gasteiger partial charge in [-0.3, -0.25) is 9.69 Å². The quantitative estimate of drug-likeness (QED) is 0.634. The lowest BCUT2D eigenvalue weighted by Crippen LogP contribution is -2.52. The van der Waals surface area contributed by atoms with Crippen molar-refractivity contribution >= 4 is 22.9 Å². The lowest BCUT2D eigenvalue weighted by atomic mass is 10.2. The lowest BCUT2D eigenvalue weighted by molar-refractivity contribution is 0.0930. The molecule has 1 aliphatic heterocycles. The number of carbonyl (C=O) groups is 1. The molecule has 0 unspecified atom stereocenters. The molecule has 5 nitrogen and oxygen atoms in total. The number of amides is 1. The number of rotatable bonds is 7. The minimum Gasteiger partial charge on any atom is -0.369 e. The Hall–Kier alpha value is -2.70. The van der Waals surface area contributed by atoms with Gasteiger partial charge in [0.15, 0.2) is 0 Å². The van der Waals surface area contributed by atoms with Gasteiger partial charge < -0.3 is 10.2 Å². The van der Waals surface area contributed by atoms with Crippen molar-refractivity contribution in [3.05, 3.63) is 82.3 Å². The molecule has 1 aromatic heterocycles. The maximum atomic E-state index is 12.5. The zero-order valence-electron chi connectivity index (χ0n) is 17.3. The second-order valence-corrected chi connectivity index (χ2v) is 8.65. The van der Waals surface area contributed by atoms with E-state index in [0.717, 1.165) is 37.6 Å². The zero-order chi connectivity index (χ0) is 20.8. The molecule has 0 bridgehead atoms. The average molecular weight is 421 g/mol. The molecule has 0 saturated carbocycles. The van der Waals surface area contributed by atoms with Gasteiger partial charge in [0.2, 0.25) is 0 Å². The summed E-state index contributed by atoms with van der Waals surface area (Å²) < 4.78 is 0. The maximum Gasteiger partial charge on any atom is 0.270 e. The van der Waals surface area contributed by atoms with Gasteiger partial charge in [0, 0.05) is 56.3 Å². The van der Waals surface area contributed by atoms with Crippen LogP contribution in [0.1, 0.15) is 28.0 Å². The van der Waals surface area contributed by atoms with E-state index in [9.17, 15) is 4.79 Å². The molecular weight excluding hydrogens is 392 g/mol. The molecule has 0 spiro atoms. The number of piperazine rings is 1. The summed E-state index contributed by atoms with van der Waals surface area (Å²) in [5, 5.41) is 5.89. The summed E-state index contributed by atoms with van der Waals surface area (Å²) in [6.45, 7) is 6.85. The molecule has 2 heterocycles. The Morgan fingerprint density at radius 1 is 1.03 bits per heavy atom. The first-order valence-corrected chi connectivity index (χ1v) is 11.4. The summed E-state index contributed by atoms with van der Waals surface area (Å²) in [6.07, 6.45) is 0.765. The molecule has 30 heavy (non-hydrogen) atoms. The van der Waals surface area contributed by atoms with Crippen LogP contribution >= 0.6 is 11.3 Å². The summed E-state index contributed by atoms with van der Waals surface area (Å²) >= 11 is 1.55. The Balaban J connectivity index is 1.23. The Kier molecular flexibility index (Phi) is 6.77. The molecule has 1 amide bonds. The second-order valence-electron chi connectivity index (χ2n) is 7.71. The first kappa shape index (κ1) is 20.6. The molecule has 0 aliphatic carbocycles. The largest absolute Gasteiger partial charge is 0.369 e. The van der Waals surface area contributed by atoms with Crippen molar-refractivity contribution in [3.8, 4) is 0 Å². The number of nitrogens with zero attached hydrogens (tertiary/aromatic N) is 3. The topological polar surface area (TPSA) is 48.5 Å². The molecule has 4 rings (SSSR count). The van der Waals surface area contributed by atoms with Crippen LogP contribution in [0.5, 0.6) is 0 Å². The Bertz CT molecular complexity index is 936. The number of nitrogens with one attached hydrogen (secondary N) is 1. The molecule has 6 heteroatoms. The first-order chi connectivity index (χ1) is 14.7. The SMILES string of the molecule is C[C@@H](CNC(=O)c1csc(Cc2ccccc2)n1)N1CCN(c2ccccc2)CC1. The van der Waals surface area contributed by atoms with Crippen molar-refractivity contribution in [1.82, 2.24) is 15.2 Å². The predicted molar refractivity (Wildman–Crippen MR) is 123 cm³/mol. The fourth-order valence-electron chi connectivity index (χ4n) is 3.79. The van der Waals surface area contributed by atoms with Crippen molar-refractivity contribution in [2.24, 2.45) is 0 Å². The highest BCUT2D eigenvalue weighted by atomic mass is 32.1. The molecular formula is C24H28N4OS. The molecule has 1 saturated heterocycles. The number of para-hydroxylation sites is 1. The van der Waals surface area contributed by atoms with E-state index in [4.69, 9.17) is 0 Å². The van der Waals surface area contributed by atoms with Gasteiger partial charge in [0.1, 0.15) is 5.69 Å². The van der Waals surface area contributed by atoms with Crippen molar-refractivity contribution in [2.45, 2.75) is 19.4 Å². The average Bonchev–Trinajstić information content (AvgIpc) is 3.27. The molecule has 0 radical (unpaired) electrons. The first-order valence-electron chi connectivity index (χ1n) is 10.5. The van der Waals surface area contributed by atoms with Crippen LogP contribution in [0.15, 0.2) is 66.0 Å². The van der Waals surface area contributed by atoms with Gasteiger partial charge in [0.05, 0.1) is 5.01 Å². The molecule has 1 fully saturated rings. The number of benzene rings is 2. The van der Waals surface area contributed by atoms with Gasteiger partial charge in [-0.2, -0.15) is 0 Å². The van der Waals surface area contributed by atoms with Gasteiger partial charge >= 0.3 is 0 Å². The van der Waals surface area contributed by atoms with E-state index < -0.39 is 0 Å². The Morgan fingerprint density at radius 3 is 2.40 bits per heavy atom. The number of aromatic nitrogens is 1. The molecule has 1 N–H and O–H groups in total. The van der Waals surface area contributed by atoms with Gasteiger partial charge in [-0.1, -0.05) is 48.5 Å². The van der Waals surface area contributed by atoms with Crippen LogP contribution in [0.2, 0.25) is 0 Å². The zero-order valence-corrected chi connectivity index (χ0v) is 18.1. The summed E-state index contributed by atoms with van der Waals surface area (Å²) in [7, 11) is 0. The van der Waals surface area contributed by atoms with E-state index >= 15 is 0 Å². The van der Waals surface area contributed by atoms with E-state index in [-0.39, 0.29) is 5.91 Å². The number of anilines is 1. The third-order valence-corrected chi connectivity index (χ3v) is 6.45. The van der Waals surface area contributed by atoms with Gasteiger partial charge in [-0.15, -0.1) is 11.3 Å². The van der Waals surface area contributed by atoms with Gasteiger partial charge in [-0.25, -0.2) is 4.98 Å². The van der Waals surface area contributed by atoms with Crippen LogP contribution in [0, 0.1) is 0 Å². The summed E-state index contributed by atoms with van der Waals surface area (Å²) in [5.41, 5.74) is 3.02. The van der Waals surface area contributed by atoms with Crippen LogP contribution in [0.25, 0.3) is 0 Å². The normalized spacial score (nSPS) is 15.7. The maximum absolute atomic E-state index is 12.5. The Labute approximate surface area is 182 Å². The van der Waals surface area contributed by atoms with Crippen LogP contribution in [0.3, 0.4) is 0 Å². The highest BCUT2D eigenvalue weighted by molar-refractivity contribution is 7.09. The minimum atomic E-state index is -0.0830. The smallest absolute Gasteiger partial charge is 0.270 e. The van der Waals surface area contributed by atoms with E-state index in [1.54, 1.807) is 11.3 Å². The van der Waals surface area contributed by atoms with E-state index in [0.29, 0.717) is 18.3 Å². The fourth-order valence-corrected chi connectivity index (χ4v) is 4.60. The van der Waals surface area contributed by atoms with E-state index in [1.807, 2.05) is 23.6 Å². The van der Waals surface area contributed by atoms with Gasteiger partial charge in [-0.05, 0) is 24.6 Å². The minimum absolute atomic E-state index is 0.0830. The van der Waals surface area contributed by atoms with Crippen molar-refractivity contribution in [3.63, 3.8) is 0 Å². The fraction of sp³-hybridized carbons (Fsp3) is 0.333. The summed E-state index contributed by atoms with van der Waals surface area (Å²) in [5.74, 6) is -0.0830. The van der Waals surface area contributed by atoms with Crippen LogP contribution in [-0.4, -0.2) is 54.6 Å². The lowest BCUT2D eigenvalue weighted by Gasteiger charge is -2.39. The van der Waals surface area contributed by atoms with E-state index in [1.165, 1.54) is 11.3 Å². The molecule has 1 aliphatic rings. The highest BCUT2D eigenvalue weighted by Crippen LogP contribution is 2.17. The van der Waals surface area contributed by atoms with Crippen molar-refractivity contribution < 1.29 is 4.79 Å². The number of carbonyl (C=O) groups excluding carboxylic acids is 1. The standard InChI is InChI=1S/C24H28N4OS/c1-19(27-12-14-28(15-13-27)21-10-6-3-7-11-21)17-25-24(29)22-18-30-23(26-22)16-20-8-4-2-5-9-20/h2-11,18-19H,12-17H2,1H3,(H,25,29)/t19-/m0/s1. The Morgan fingerprint density at radius 2 is 1.70 bits per heavy atom. The van der Waals surface area contributed by atoms with E-state index in [2.05, 4.69) is 69.5 Å². The predicted octanol–water partition coefficient (Wildman–Crippen LogP) is 3.67. The number of hydrogen-bond donors (Lipinski definition) is 1. The van der Waals surface area contributed by atoms with Gasteiger partial charge in [0.25, 0.3) is 5.91 Å². The van der Waals surface area contributed by atoms with Crippen molar-refractivity contribution in [1.29, 1.82) is 0 Å². The molecule has 156 valence electrons. The monoisotopic (exact) mass is 420 g/mol. The van der Waals surface area contributed by atoms with Crippen LogP contribution in [-0.2, 0) is 6.42 Å². The second kappa shape index (κ2) is 9.87. The van der Waals surface area contributed by atoms with Crippen molar-refractivity contribution in [2.75, 3.05) is 37.6 Å². The van der Waals surface area contributed by atoms with Crippen LogP contribution < -0.4 is 10.2 Å². The molecule has 3 aromatic rings. The molecule has 2 aromatic carbocycles. The summed E-state index contributed by atoms with van der Waals surface area (Å²) in [6, 6.07) is 21.1. The third kappa shape index (κ3) is 5.26. The summed E-state index contributed by atoms with van der Waals surface area (Å²) in [4.78, 5) is 21.9. The highest BCUT2D eigenvalue weighted by Gasteiger charge is 2.22. The van der Waals surface area contributed by atoms with Crippen LogP contribution in [0.4, 0.5) is 5.69 Å². The molecule has 1 atom stereocenters.